The van der Waals surface area contributed by atoms with Crippen LogP contribution in [0.5, 0.6) is 23.0 Å². The van der Waals surface area contributed by atoms with E-state index in [-0.39, 0.29) is 11.5 Å². The van der Waals surface area contributed by atoms with Gasteiger partial charge in [0.05, 0.1) is 14.2 Å². The van der Waals surface area contributed by atoms with Gasteiger partial charge < -0.3 is 19.7 Å². The number of hydrogen-bond acceptors (Lipinski definition) is 4. The highest BCUT2D eigenvalue weighted by molar-refractivity contribution is 5.68. The molecule has 4 aromatic carbocycles. The van der Waals surface area contributed by atoms with E-state index in [4.69, 9.17) is 9.47 Å². The number of phenolic OH excluding ortho intramolecular Hbond substituents is 2. The number of methoxy groups -OCH3 is 2. The Hall–Kier alpha value is -3.92. The fourth-order valence-electron chi connectivity index (χ4n) is 4.62. The van der Waals surface area contributed by atoms with E-state index in [1.807, 2.05) is 30.3 Å². The van der Waals surface area contributed by atoms with Crippen molar-refractivity contribution in [1.29, 1.82) is 0 Å². The molecule has 0 fully saturated rings. The average Bonchev–Trinajstić information content (AvgIpc) is 2.97. The molecular formula is C36H44O4. The molecule has 0 aliphatic heterocycles. The zero-order valence-electron chi connectivity index (χ0n) is 24.5. The van der Waals surface area contributed by atoms with Gasteiger partial charge in [-0.2, -0.15) is 0 Å². The molecule has 212 valence electrons. The van der Waals surface area contributed by atoms with Crippen LogP contribution in [0.3, 0.4) is 0 Å². The highest BCUT2D eigenvalue weighted by Crippen LogP contribution is 2.30. The molecule has 2 N–H and O–H groups in total. The Bertz CT molecular complexity index is 1250. The van der Waals surface area contributed by atoms with Crippen LogP contribution in [0.2, 0.25) is 0 Å². The minimum atomic E-state index is 0.0852. The molecule has 0 spiro atoms. The third kappa shape index (κ3) is 9.68. The molecule has 4 nitrogen and oxygen atoms in total. The van der Waals surface area contributed by atoms with Gasteiger partial charge in [0.2, 0.25) is 0 Å². The summed E-state index contributed by atoms with van der Waals surface area (Å²) in [5.74, 6) is 1.80. The molecule has 0 bridgehead atoms. The molecule has 4 rings (SSSR count). The summed E-state index contributed by atoms with van der Waals surface area (Å²) < 4.78 is 10.7. The topological polar surface area (TPSA) is 58.9 Å². The summed E-state index contributed by atoms with van der Waals surface area (Å²) in [6.45, 7) is 4.44. The number of aryl methyl sites for hydroxylation is 2. The number of benzene rings is 4. The highest BCUT2D eigenvalue weighted by Gasteiger charge is 2.05. The Morgan fingerprint density at radius 3 is 1.25 bits per heavy atom. The van der Waals surface area contributed by atoms with E-state index in [9.17, 15) is 10.2 Å². The number of ether oxygens (including phenoxy) is 2. The minimum Gasteiger partial charge on any atom is -0.508 e. The summed E-state index contributed by atoms with van der Waals surface area (Å²) in [6.07, 6.45) is 9.83. The predicted molar refractivity (Wildman–Crippen MR) is 167 cm³/mol. The van der Waals surface area contributed by atoms with Crippen molar-refractivity contribution >= 4 is 0 Å². The Balaban J connectivity index is 0.000000222. The zero-order chi connectivity index (χ0) is 28.7. The van der Waals surface area contributed by atoms with Crippen molar-refractivity contribution in [3.8, 4) is 45.3 Å². The molecule has 0 heterocycles. The van der Waals surface area contributed by atoms with E-state index < -0.39 is 0 Å². The first-order chi connectivity index (χ1) is 19.4. The molecular weight excluding hydrogens is 496 g/mol. The standard InChI is InChI=1S/C19H24O2.C17H20O2/c1-4-5-6-7-15-8-10-16(11-9-15)17-12-18(20-2)14-19(13-17)21-3;1-2-3-4-5-13-6-8-14(9-7-13)15-10-16(18)12-17(19)11-15/h8-14H,4-7H2,1-3H3;6-12,18-19H,2-5H2,1H3. The second-order valence-electron chi connectivity index (χ2n) is 10.1. The highest BCUT2D eigenvalue weighted by atomic mass is 16.5. The first kappa shape index (κ1) is 30.6. The van der Waals surface area contributed by atoms with Crippen LogP contribution in [0.4, 0.5) is 0 Å². The lowest BCUT2D eigenvalue weighted by Crippen LogP contribution is -1.89. The summed E-state index contributed by atoms with van der Waals surface area (Å²) >= 11 is 0. The first-order valence-electron chi connectivity index (χ1n) is 14.4. The van der Waals surface area contributed by atoms with Crippen LogP contribution in [0.25, 0.3) is 22.3 Å². The maximum Gasteiger partial charge on any atom is 0.123 e. The molecule has 4 heteroatoms. The second-order valence-corrected chi connectivity index (χ2v) is 10.1. The maximum absolute atomic E-state index is 9.49. The average molecular weight is 541 g/mol. The van der Waals surface area contributed by atoms with Gasteiger partial charge in [-0.05, 0) is 83.3 Å². The van der Waals surface area contributed by atoms with Gasteiger partial charge in [0.1, 0.15) is 23.0 Å². The molecule has 40 heavy (non-hydrogen) atoms. The van der Waals surface area contributed by atoms with Gasteiger partial charge in [-0.15, -0.1) is 0 Å². The molecule has 0 radical (unpaired) electrons. The zero-order valence-corrected chi connectivity index (χ0v) is 24.5. The van der Waals surface area contributed by atoms with E-state index in [2.05, 4.69) is 50.2 Å². The monoisotopic (exact) mass is 540 g/mol. The molecule has 0 amide bonds. The summed E-state index contributed by atoms with van der Waals surface area (Å²) in [5, 5.41) is 19.0. The summed E-state index contributed by atoms with van der Waals surface area (Å²) in [5.41, 5.74) is 6.88. The summed E-state index contributed by atoms with van der Waals surface area (Å²) in [4.78, 5) is 0. The Labute approximate surface area is 240 Å². The van der Waals surface area contributed by atoms with Crippen molar-refractivity contribution in [2.24, 2.45) is 0 Å². The molecule has 0 unspecified atom stereocenters. The second kappa shape index (κ2) is 16.2. The fraction of sp³-hybridized carbons (Fsp3) is 0.333. The van der Waals surface area contributed by atoms with E-state index in [0.29, 0.717) is 0 Å². The SMILES string of the molecule is CCCCCc1ccc(-c2cc(O)cc(O)c2)cc1.CCCCCc1ccc(-c2cc(OC)cc(OC)c2)cc1. The maximum atomic E-state index is 9.49. The summed E-state index contributed by atoms with van der Waals surface area (Å²) in [6, 6.07) is 27.7. The number of aromatic hydroxyl groups is 2. The van der Waals surface area contributed by atoms with Gasteiger partial charge in [0.15, 0.2) is 0 Å². The quantitative estimate of drug-likeness (QED) is 0.176. The smallest absolute Gasteiger partial charge is 0.123 e. The van der Waals surface area contributed by atoms with Crippen molar-refractivity contribution in [2.75, 3.05) is 14.2 Å². The lowest BCUT2D eigenvalue weighted by molar-refractivity contribution is 0.394. The number of hydrogen-bond donors (Lipinski definition) is 2. The molecule has 0 aliphatic rings. The van der Waals surface area contributed by atoms with Crippen molar-refractivity contribution in [3.63, 3.8) is 0 Å². The van der Waals surface area contributed by atoms with Crippen LogP contribution >= 0.6 is 0 Å². The van der Waals surface area contributed by atoms with E-state index >= 15 is 0 Å². The number of phenols is 2. The molecule has 4 aromatic rings. The minimum absolute atomic E-state index is 0.0852. The fourth-order valence-corrected chi connectivity index (χ4v) is 4.62. The van der Waals surface area contributed by atoms with Gasteiger partial charge in [-0.3, -0.25) is 0 Å². The molecule has 0 saturated heterocycles. The Morgan fingerprint density at radius 2 is 0.875 bits per heavy atom. The number of rotatable bonds is 12. The van der Waals surface area contributed by atoms with Crippen molar-refractivity contribution in [1.82, 2.24) is 0 Å². The largest absolute Gasteiger partial charge is 0.508 e. The summed E-state index contributed by atoms with van der Waals surface area (Å²) in [7, 11) is 3.35. The Kier molecular flexibility index (Phi) is 12.4. The molecule has 0 atom stereocenters. The van der Waals surface area contributed by atoms with Crippen molar-refractivity contribution in [2.45, 2.75) is 65.2 Å². The van der Waals surface area contributed by atoms with Crippen LogP contribution < -0.4 is 9.47 Å². The van der Waals surface area contributed by atoms with Crippen LogP contribution in [-0.4, -0.2) is 24.4 Å². The van der Waals surface area contributed by atoms with Crippen LogP contribution in [0.1, 0.15) is 63.5 Å². The molecule has 0 aromatic heterocycles. The van der Waals surface area contributed by atoms with Crippen molar-refractivity contribution in [3.05, 3.63) is 96.1 Å². The van der Waals surface area contributed by atoms with Crippen LogP contribution in [-0.2, 0) is 12.8 Å². The molecule has 0 aliphatic carbocycles. The Morgan fingerprint density at radius 1 is 0.475 bits per heavy atom. The van der Waals surface area contributed by atoms with Gasteiger partial charge in [-0.25, -0.2) is 0 Å². The van der Waals surface area contributed by atoms with Gasteiger partial charge in [0, 0.05) is 12.1 Å². The van der Waals surface area contributed by atoms with E-state index in [1.165, 1.54) is 61.3 Å². The lowest BCUT2D eigenvalue weighted by atomic mass is 10.0. The van der Waals surface area contributed by atoms with Gasteiger partial charge in [0.25, 0.3) is 0 Å². The first-order valence-corrected chi connectivity index (χ1v) is 14.4. The van der Waals surface area contributed by atoms with Gasteiger partial charge in [-0.1, -0.05) is 88.1 Å². The van der Waals surface area contributed by atoms with E-state index in [1.54, 1.807) is 26.4 Å². The lowest BCUT2D eigenvalue weighted by Gasteiger charge is -2.09. The predicted octanol–water partition coefficient (Wildman–Crippen LogP) is 9.60. The normalized spacial score (nSPS) is 10.5. The van der Waals surface area contributed by atoms with Crippen LogP contribution in [0.15, 0.2) is 84.9 Å². The van der Waals surface area contributed by atoms with Crippen LogP contribution in [0, 0.1) is 0 Å². The van der Waals surface area contributed by atoms with Crippen molar-refractivity contribution < 1.29 is 19.7 Å². The molecule has 0 saturated carbocycles. The third-order valence-corrected chi connectivity index (χ3v) is 6.97. The number of unbranched alkanes of at least 4 members (excludes halogenated alkanes) is 4. The van der Waals surface area contributed by atoms with Gasteiger partial charge >= 0.3 is 0 Å². The van der Waals surface area contributed by atoms with E-state index in [0.717, 1.165) is 41.0 Å². The third-order valence-electron chi connectivity index (χ3n) is 6.97.